The van der Waals surface area contributed by atoms with Crippen LogP contribution in [0.2, 0.25) is 0 Å². The molecule has 21 heavy (non-hydrogen) atoms. The predicted octanol–water partition coefficient (Wildman–Crippen LogP) is 2.58. The number of hydrogen-bond acceptors (Lipinski definition) is 3. The molecule has 0 radical (unpaired) electrons. The first kappa shape index (κ1) is 13.6. The van der Waals surface area contributed by atoms with Crippen molar-refractivity contribution in [1.29, 1.82) is 0 Å². The molecule has 3 aliphatic carbocycles. The molecule has 0 saturated heterocycles. The lowest BCUT2D eigenvalue weighted by Crippen LogP contribution is -2.44. The Hall–Kier alpha value is -1.06. The van der Waals surface area contributed by atoms with E-state index in [2.05, 4.69) is 13.0 Å². The molecule has 3 heteroatoms. The van der Waals surface area contributed by atoms with Crippen molar-refractivity contribution >= 4 is 0 Å². The quantitative estimate of drug-likeness (QED) is 0.687. The summed E-state index contributed by atoms with van der Waals surface area (Å²) in [6.45, 7) is 2.17. The van der Waals surface area contributed by atoms with Gasteiger partial charge in [-0.05, 0) is 78.5 Å². The van der Waals surface area contributed by atoms with Gasteiger partial charge in [-0.25, -0.2) is 0 Å². The third-order valence-electron chi connectivity index (χ3n) is 6.68. The maximum absolute atomic E-state index is 10.4. The van der Waals surface area contributed by atoms with Gasteiger partial charge in [0.05, 0.1) is 12.2 Å². The summed E-state index contributed by atoms with van der Waals surface area (Å²) in [6, 6.07) is 5.80. The molecule has 3 aliphatic rings. The van der Waals surface area contributed by atoms with Gasteiger partial charge in [0.15, 0.2) is 0 Å². The highest BCUT2D eigenvalue weighted by molar-refractivity contribution is 5.40. The van der Waals surface area contributed by atoms with E-state index >= 15 is 0 Å². The summed E-state index contributed by atoms with van der Waals surface area (Å²) >= 11 is 0. The van der Waals surface area contributed by atoms with Crippen molar-refractivity contribution in [2.45, 2.75) is 57.2 Å². The number of hydrogen-bond donors (Lipinski definition) is 3. The lowest BCUT2D eigenvalue weighted by Gasteiger charge is -2.49. The lowest BCUT2D eigenvalue weighted by molar-refractivity contribution is -0.0505. The largest absolute Gasteiger partial charge is 0.508 e. The second-order valence-corrected chi connectivity index (χ2v) is 7.59. The SMILES string of the molecule is C[C@@]12CC[C@@H]3c4ccc(O)cc4CC[C@@H]3[C@H]1C[C@@H](O)[C@@H]2O. The van der Waals surface area contributed by atoms with Crippen LogP contribution in [0, 0.1) is 17.3 Å². The number of aliphatic hydroxyl groups is 2. The number of phenols is 1. The van der Waals surface area contributed by atoms with Gasteiger partial charge in [-0.2, -0.15) is 0 Å². The molecule has 3 N–H and O–H groups in total. The zero-order valence-corrected chi connectivity index (χ0v) is 12.5. The second-order valence-electron chi connectivity index (χ2n) is 7.59. The van der Waals surface area contributed by atoms with Gasteiger partial charge in [0.25, 0.3) is 0 Å². The molecule has 0 unspecified atom stereocenters. The van der Waals surface area contributed by atoms with Crippen LogP contribution in [0.4, 0.5) is 0 Å². The number of aliphatic hydroxyl groups excluding tert-OH is 2. The molecule has 0 spiro atoms. The fourth-order valence-corrected chi connectivity index (χ4v) is 5.56. The van der Waals surface area contributed by atoms with Gasteiger partial charge in [-0.15, -0.1) is 0 Å². The highest BCUT2D eigenvalue weighted by Gasteiger charge is 2.57. The van der Waals surface area contributed by atoms with Crippen molar-refractivity contribution in [2.24, 2.45) is 17.3 Å². The smallest absolute Gasteiger partial charge is 0.115 e. The average Bonchev–Trinajstić information content (AvgIpc) is 2.70. The monoisotopic (exact) mass is 288 g/mol. The Morgan fingerprint density at radius 1 is 1.19 bits per heavy atom. The van der Waals surface area contributed by atoms with Crippen LogP contribution >= 0.6 is 0 Å². The van der Waals surface area contributed by atoms with Crippen molar-refractivity contribution in [3.63, 3.8) is 0 Å². The molecule has 2 fully saturated rings. The van der Waals surface area contributed by atoms with Crippen LogP contribution in [0.3, 0.4) is 0 Å². The molecule has 0 aromatic heterocycles. The molecule has 0 aliphatic heterocycles. The minimum atomic E-state index is -0.565. The zero-order valence-electron chi connectivity index (χ0n) is 12.5. The normalized spacial score (nSPS) is 44.8. The first-order valence-corrected chi connectivity index (χ1v) is 8.18. The van der Waals surface area contributed by atoms with Crippen LogP contribution in [0.1, 0.15) is 49.7 Å². The Kier molecular flexibility index (Phi) is 2.89. The van der Waals surface area contributed by atoms with E-state index in [9.17, 15) is 15.3 Å². The number of phenolic OH excluding ortho intramolecular Hbond substituents is 1. The van der Waals surface area contributed by atoms with Crippen LogP contribution in [-0.4, -0.2) is 27.5 Å². The lowest BCUT2D eigenvalue weighted by atomic mass is 9.55. The van der Waals surface area contributed by atoms with Crippen molar-refractivity contribution in [3.05, 3.63) is 29.3 Å². The summed E-state index contributed by atoms with van der Waals surface area (Å²) in [7, 11) is 0. The maximum atomic E-state index is 10.4. The Bertz CT molecular complexity index is 570. The van der Waals surface area contributed by atoms with Gasteiger partial charge in [-0.3, -0.25) is 0 Å². The molecular weight excluding hydrogens is 264 g/mol. The highest BCUT2D eigenvalue weighted by atomic mass is 16.3. The van der Waals surface area contributed by atoms with Crippen LogP contribution < -0.4 is 0 Å². The third-order valence-corrected chi connectivity index (χ3v) is 6.68. The molecule has 4 rings (SSSR count). The fraction of sp³-hybridized carbons (Fsp3) is 0.667. The molecular formula is C18H24O3. The molecule has 3 nitrogen and oxygen atoms in total. The summed E-state index contributed by atoms with van der Waals surface area (Å²) in [5.41, 5.74) is 2.57. The average molecular weight is 288 g/mol. The first-order chi connectivity index (χ1) is 10.0. The van der Waals surface area contributed by atoms with Crippen LogP contribution in [0.5, 0.6) is 5.75 Å². The zero-order chi connectivity index (χ0) is 14.8. The highest BCUT2D eigenvalue weighted by Crippen LogP contribution is 2.60. The fourth-order valence-electron chi connectivity index (χ4n) is 5.56. The van der Waals surface area contributed by atoms with E-state index in [4.69, 9.17) is 0 Å². The third kappa shape index (κ3) is 1.80. The number of aromatic hydroxyl groups is 1. The molecule has 6 atom stereocenters. The second kappa shape index (κ2) is 4.47. The summed E-state index contributed by atoms with van der Waals surface area (Å²) < 4.78 is 0. The van der Waals surface area contributed by atoms with Gasteiger partial charge in [0.2, 0.25) is 0 Å². The van der Waals surface area contributed by atoms with Gasteiger partial charge >= 0.3 is 0 Å². The van der Waals surface area contributed by atoms with Gasteiger partial charge in [0, 0.05) is 0 Å². The summed E-state index contributed by atoms with van der Waals surface area (Å²) in [5, 5.41) is 30.2. The minimum Gasteiger partial charge on any atom is -0.508 e. The van der Waals surface area contributed by atoms with E-state index in [1.165, 1.54) is 11.1 Å². The summed E-state index contributed by atoms with van der Waals surface area (Å²) in [6.07, 6.45) is 3.80. The minimum absolute atomic E-state index is 0.116. The molecule has 1 aromatic carbocycles. The molecule has 1 aromatic rings. The Morgan fingerprint density at radius 3 is 2.81 bits per heavy atom. The van der Waals surface area contributed by atoms with Gasteiger partial charge in [0.1, 0.15) is 5.75 Å². The molecule has 0 amide bonds. The summed E-state index contributed by atoms with van der Waals surface area (Å²) in [5.74, 6) is 1.88. The number of aryl methyl sites for hydroxylation is 1. The topological polar surface area (TPSA) is 60.7 Å². The molecule has 0 bridgehead atoms. The maximum Gasteiger partial charge on any atom is 0.115 e. The number of fused-ring (bicyclic) bond motifs is 5. The van der Waals surface area contributed by atoms with E-state index in [0.717, 1.165) is 32.1 Å². The van der Waals surface area contributed by atoms with E-state index in [1.807, 2.05) is 6.07 Å². The number of benzene rings is 1. The predicted molar refractivity (Wildman–Crippen MR) is 80.1 cm³/mol. The molecule has 0 heterocycles. The first-order valence-electron chi connectivity index (χ1n) is 8.18. The molecule has 2 saturated carbocycles. The van der Waals surface area contributed by atoms with Crippen molar-refractivity contribution in [1.82, 2.24) is 0 Å². The van der Waals surface area contributed by atoms with Crippen LogP contribution in [-0.2, 0) is 6.42 Å². The number of rotatable bonds is 0. The van der Waals surface area contributed by atoms with Crippen LogP contribution in [0.15, 0.2) is 18.2 Å². The Labute approximate surface area is 125 Å². The molecule has 114 valence electrons. The standard InChI is InChI=1S/C18H24O3/c1-18-7-6-13-12-5-3-11(19)8-10(12)2-4-14(13)15(18)9-16(20)17(18)21/h3,5,8,13-17,19-21H,2,4,6-7,9H2,1H3/t13-,14+,15-,16-,17+,18-/m1/s1. The van der Waals surface area contributed by atoms with Crippen molar-refractivity contribution in [3.8, 4) is 5.75 Å². The Morgan fingerprint density at radius 2 is 2.00 bits per heavy atom. The Balaban J connectivity index is 1.71. The van der Waals surface area contributed by atoms with E-state index in [-0.39, 0.29) is 5.41 Å². The van der Waals surface area contributed by atoms with Gasteiger partial charge < -0.3 is 15.3 Å². The van der Waals surface area contributed by atoms with E-state index in [1.54, 1.807) is 6.07 Å². The van der Waals surface area contributed by atoms with Crippen LogP contribution in [0.25, 0.3) is 0 Å². The van der Waals surface area contributed by atoms with Crippen molar-refractivity contribution in [2.75, 3.05) is 0 Å². The van der Waals surface area contributed by atoms with E-state index < -0.39 is 12.2 Å². The summed E-state index contributed by atoms with van der Waals surface area (Å²) in [4.78, 5) is 0. The van der Waals surface area contributed by atoms with Crippen molar-refractivity contribution < 1.29 is 15.3 Å². The van der Waals surface area contributed by atoms with E-state index in [0.29, 0.717) is 23.5 Å². The van der Waals surface area contributed by atoms with Gasteiger partial charge in [-0.1, -0.05) is 13.0 Å².